The number of methoxy groups -OCH3 is 1. The van der Waals surface area contributed by atoms with Crippen molar-refractivity contribution in [2.24, 2.45) is 5.92 Å². The topological polar surface area (TPSA) is 41.6 Å². The summed E-state index contributed by atoms with van der Waals surface area (Å²) in [5, 5.41) is 3.32. The van der Waals surface area contributed by atoms with Gasteiger partial charge in [-0.05, 0) is 13.0 Å². The molecule has 0 saturated carbocycles. The summed E-state index contributed by atoms with van der Waals surface area (Å²) in [7, 11) is 3.47. The zero-order chi connectivity index (χ0) is 10.7. The number of likely N-dealkylation sites (N-methyl/N-ethyl adjacent to an activating group) is 1. The zero-order valence-corrected chi connectivity index (χ0v) is 9.41. The Balaban J connectivity index is 2.58. The van der Waals surface area contributed by atoms with Crippen LogP contribution in [0.25, 0.3) is 0 Å². The SMILES string of the molecule is COC(=O)C1CN(C)CC(C(C)C)N1. The molecule has 14 heavy (non-hydrogen) atoms. The summed E-state index contributed by atoms with van der Waals surface area (Å²) in [4.78, 5) is 13.5. The molecule has 1 fully saturated rings. The van der Waals surface area contributed by atoms with E-state index in [1.54, 1.807) is 0 Å². The fraction of sp³-hybridized carbons (Fsp3) is 0.900. The molecule has 0 bridgehead atoms. The molecule has 1 rings (SSSR count). The molecule has 0 aromatic rings. The molecule has 0 aromatic carbocycles. The Morgan fingerprint density at radius 1 is 1.50 bits per heavy atom. The Kier molecular flexibility index (Phi) is 3.89. The van der Waals surface area contributed by atoms with Gasteiger partial charge in [0.15, 0.2) is 0 Å². The van der Waals surface area contributed by atoms with Gasteiger partial charge in [-0.1, -0.05) is 13.8 Å². The Bertz CT molecular complexity index is 206. The van der Waals surface area contributed by atoms with E-state index >= 15 is 0 Å². The van der Waals surface area contributed by atoms with Crippen LogP contribution in [0.4, 0.5) is 0 Å². The number of ether oxygens (including phenoxy) is 1. The second-order valence-electron chi connectivity index (χ2n) is 4.31. The van der Waals surface area contributed by atoms with Gasteiger partial charge in [-0.2, -0.15) is 0 Å². The molecule has 4 nitrogen and oxygen atoms in total. The molecular weight excluding hydrogens is 180 g/mol. The maximum Gasteiger partial charge on any atom is 0.324 e. The minimum absolute atomic E-state index is 0.165. The summed E-state index contributed by atoms with van der Waals surface area (Å²) in [5.41, 5.74) is 0. The molecule has 1 saturated heterocycles. The van der Waals surface area contributed by atoms with Gasteiger partial charge < -0.3 is 9.64 Å². The van der Waals surface area contributed by atoms with Crippen molar-refractivity contribution in [2.75, 3.05) is 27.2 Å². The van der Waals surface area contributed by atoms with Crippen molar-refractivity contribution in [1.82, 2.24) is 10.2 Å². The third-order valence-electron chi connectivity index (χ3n) is 2.71. The van der Waals surface area contributed by atoms with Crippen LogP contribution in [0, 0.1) is 5.92 Å². The second-order valence-corrected chi connectivity index (χ2v) is 4.31. The molecular formula is C10H20N2O2. The maximum atomic E-state index is 11.4. The van der Waals surface area contributed by atoms with Crippen molar-refractivity contribution in [2.45, 2.75) is 25.9 Å². The molecule has 1 N–H and O–H groups in total. The van der Waals surface area contributed by atoms with Crippen LogP contribution in [0.3, 0.4) is 0 Å². The van der Waals surface area contributed by atoms with E-state index in [-0.39, 0.29) is 12.0 Å². The van der Waals surface area contributed by atoms with Crippen molar-refractivity contribution >= 4 is 5.97 Å². The van der Waals surface area contributed by atoms with Gasteiger partial charge in [0, 0.05) is 19.1 Å². The Labute approximate surface area is 85.6 Å². The summed E-state index contributed by atoms with van der Waals surface area (Å²) >= 11 is 0. The number of esters is 1. The lowest BCUT2D eigenvalue weighted by molar-refractivity contribution is -0.144. The molecule has 1 heterocycles. The van der Waals surface area contributed by atoms with Gasteiger partial charge in [0.05, 0.1) is 7.11 Å². The van der Waals surface area contributed by atoms with E-state index < -0.39 is 0 Å². The van der Waals surface area contributed by atoms with Crippen molar-refractivity contribution in [3.05, 3.63) is 0 Å². The molecule has 1 aliphatic heterocycles. The molecule has 2 unspecified atom stereocenters. The first-order chi connectivity index (χ1) is 6.54. The van der Waals surface area contributed by atoms with Gasteiger partial charge in [-0.25, -0.2) is 0 Å². The first kappa shape index (κ1) is 11.5. The van der Waals surface area contributed by atoms with E-state index in [4.69, 9.17) is 4.74 Å². The Morgan fingerprint density at radius 3 is 2.64 bits per heavy atom. The minimum atomic E-state index is -0.175. The number of nitrogens with zero attached hydrogens (tertiary/aromatic N) is 1. The number of carbonyl (C=O) groups excluding carboxylic acids is 1. The lowest BCUT2D eigenvalue weighted by Crippen LogP contribution is -2.60. The predicted molar refractivity (Wildman–Crippen MR) is 55.1 cm³/mol. The molecule has 82 valence electrons. The molecule has 2 atom stereocenters. The predicted octanol–water partition coefficient (Wildman–Crippen LogP) is 0.0876. The van der Waals surface area contributed by atoms with E-state index in [9.17, 15) is 4.79 Å². The average Bonchev–Trinajstić information content (AvgIpc) is 2.15. The van der Waals surface area contributed by atoms with Crippen molar-refractivity contribution < 1.29 is 9.53 Å². The Morgan fingerprint density at radius 2 is 2.14 bits per heavy atom. The van der Waals surface area contributed by atoms with Crippen LogP contribution < -0.4 is 5.32 Å². The van der Waals surface area contributed by atoms with Gasteiger partial charge in [0.1, 0.15) is 6.04 Å². The smallest absolute Gasteiger partial charge is 0.324 e. The monoisotopic (exact) mass is 200 g/mol. The molecule has 0 amide bonds. The fourth-order valence-corrected chi connectivity index (χ4v) is 1.77. The molecule has 4 heteroatoms. The zero-order valence-electron chi connectivity index (χ0n) is 9.41. The van der Waals surface area contributed by atoms with Crippen LogP contribution in [0.1, 0.15) is 13.8 Å². The van der Waals surface area contributed by atoms with Crippen LogP contribution in [0.2, 0.25) is 0 Å². The summed E-state index contributed by atoms with van der Waals surface area (Å²) in [6, 6.07) is 0.198. The average molecular weight is 200 g/mol. The summed E-state index contributed by atoms with van der Waals surface area (Å²) in [6.07, 6.45) is 0. The lowest BCUT2D eigenvalue weighted by Gasteiger charge is -2.37. The van der Waals surface area contributed by atoms with E-state index in [0.29, 0.717) is 12.0 Å². The molecule has 0 aliphatic carbocycles. The highest BCUT2D eigenvalue weighted by atomic mass is 16.5. The molecule has 0 aromatic heterocycles. The van der Waals surface area contributed by atoms with Gasteiger partial charge in [0.25, 0.3) is 0 Å². The highest BCUT2D eigenvalue weighted by molar-refractivity contribution is 5.76. The number of piperazine rings is 1. The van der Waals surface area contributed by atoms with Gasteiger partial charge in [-0.3, -0.25) is 10.1 Å². The van der Waals surface area contributed by atoms with E-state index in [2.05, 4.69) is 24.1 Å². The molecule has 1 aliphatic rings. The summed E-state index contributed by atoms with van der Waals surface area (Å²) in [6.45, 7) is 6.04. The van der Waals surface area contributed by atoms with E-state index in [0.717, 1.165) is 13.1 Å². The highest BCUT2D eigenvalue weighted by Gasteiger charge is 2.30. The van der Waals surface area contributed by atoms with Gasteiger partial charge in [-0.15, -0.1) is 0 Å². The minimum Gasteiger partial charge on any atom is -0.468 e. The first-order valence-electron chi connectivity index (χ1n) is 5.07. The van der Waals surface area contributed by atoms with Gasteiger partial charge in [0.2, 0.25) is 0 Å². The van der Waals surface area contributed by atoms with Gasteiger partial charge >= 0.3 is 5.97 Å². The Hall–Kier alpha value is -0.610. The number of hydrogen-bond donors (Lipinski definition) is 1. The van der Waals surface area contributed by atoms with Crippen LogP contribution in [0.15, 0.2) is 0 Å². The highest BCUT2D eigenvalue weighted by Crippen LogP contribution is 2.10. The summed E-state index contributed by atoms with van der Waals surface area (Å²) < 4.78 is 4.74. The van der Waals surface area contributed by atoms with Crippen molar-refractivity contribution in [3.8, 4) is 0 Å². The number of nitrogens with one attached hydrogen (secondary N) is 1. The standard InChI is InChI=1S/C10H20N2O2/c1-7(2)8-5-12(3)6-9(11-8)10(13)14-4/h7-9,11H,5-6H2,1-4H3. The third kappa shape index (κ3) is 2.69. The number of carbonyl (C=O) groups is 1. The van der Waals surface area contributed by atoms with Crippen molar-refractivity contribution in [1.29, 1.82) is 0 Å². The van der Waals surface area contributed by atoms with E-state index in [1.807, 2.05) is 7.05 Å². The van der Waals surface area contributed by atoms with Crippen molar-refractivity contribution in [3.63, 3.8) is 0 Å². The van der Waals surface area contributed by atoms with Crippen LogP contribution in [0.5, 0.6) is 0 Å². The second kappa shape index (κ2) is 4.75. The summed E-state index contributed by atoms with van der Waals surface area (Å²) in [5.74, 6) is 0.368. The fourth-order valence-electron chi connectivity index (χ4n) is 1.77. The molecule has 0 radical (unpaired) electrons. The lowest BCUT2D eigenvalue weighted by atomic mass is 10.00. The number of rotatable bonds is 2. The largest absolute Gasteiger partial charge is 0.468 e. The van der Waals surface area contributed by atoms with Crippen LogP contribution in [-0.4, -0.2) is 50.2 Å². The van der Waals surface area contributed by atoms with E-state index in [1.165, 1.54) is 7.11 Å². The normalized spacial score (nSPS) is 29.2. The van der Waals surface area contributed by atoms with Crippen LogP contribution in [-0.2, 0) is 9.53 Å². The first-order valence-corrected chi connectivity index (χ1v) is 5.07. The molecule has 0 spiro atoms. The quantitative estimate of drug-likeness (QED) is 0.641. The number of hydrogen-bond acceptors (Lipinski definition) is 4. The maximum absolute atomic E-state index is 11.4. The van der Waals surface area contributed by atoms with Crippen LogP contribution >= 0.6 is 0 Å². The third-order valence-corrected chi connectivity index (χ3v) is 2.71.